The van der Waals surface area contributed by atoms with Crippen LogP contribution in [-0.4, -0.2) is 39.0 Å². The van der Waals surface area contributed by atoms with Crippen LogP contribution in [0.1, 0.15) is 0 Å². The second-order valence-corrected chi connectivity index (χ2v) is 12.9. The minimum Gasteiger partial charge on any atom is 2.00 e. The van der Waals surface area contributed by atoms with Crippen molar-refractivity contribution in [1.82, 2.24) is 0 Å². The molecule has 0 spiro atoms. The molecular weight excluding hydrogens is 530 g/mol. The third-order valence-electron chi connectivity index (χ3n) is 0. The average molecular weight is 530 g/mol. The quantitative estimate of drug-likeness (QED) is 0.324. The number of rotatable bonds is 0. The van der Waals surface area contributed by atoms with Gasteiger partial charge in [0.1, 0.15) is 0 Å². The van der Waals surface area contributed by atoms with E-state index < -0.39 is 39.0 Å². The van der Waals surface area contributed by atoms with E-state index in [-0.39, 0.29) is 16.5 Å². The van der Waals surface area contributed by atoms with E-state index in [9.17, 15) is 33.8 Å². The van der Waals surface area contributed by atoms with Gasteiger partial charge in [-0.05, 0) is 0 Å². The van der Waals surface area contributed by atoms with Crippen molar-refractivity contribution in [2.24, 2.45) is 0 Å². The Morgan fingerprint density at radius 1 is 0.333 bits per heavy atom. The molecule has 0 aliphatic rings. The molecule has 0 unspecified atom stereocenters. The third kappa shape index (κ3) is 1620. The maximum absolute atomic E-state index is 11.2. The fraction of sp³-hybridized carbons (Fsp3) is 0. The largest absolute Gasteiger partial charge is 2.00 e. The summed E-state index contributed by atoms with van der Waals surface area (Å²) in [5, 5.41) is 0. The SMILES string of the molecule is [F][Sb-]([F])([F])([F])([F])[F].[F][Sb-]([F])([F])([F])([F])[F].[Ni+2]. The summed E-state index contributed by atoms with van der Waals surface area (Å²) >= 11 is -22.5. The van der Waals surface area contributed by atoms with Gasteiger partial charge in [0.15, 0.2) is 0 Å². The van der Waals surface area contributed by atoms with E-state index in [0.717, 1.165) is 0 Å². The van der Waals surface area contributed by atoms with Gasteiger partial charge in [-0.15, -0.1) is 0 Å². The molecule has 0 radical (unpaired) electrons. The van der Waals surface area contributed by atoms with Crippen molar-refractivity contribution < 1.29 is 50.2 Å². The summed E-state index contributed by atoms with van der Waals surface area (Å²) in [6.45, 7) is 0. The number of hydrogen-bond acceptors (Lipinski definition) is 0. The van der Waals surface area contributed by atoms with Crippen LogP contribution in [0.4, 0.5) is 33.8 Å². The van der Waals surface area contributed by atoms with Gasteiger partial charge < -0.3 is 0 Å². The van der Waals surface area contributed by atoms with E-state index >= 15 is 0 Å². The molecule has 0 heterocycles. The van der Waals surface area contributed by atoms with Gasteiger partial charge in [0, 0.05) is 0 Å². The molecule has 0 aromatic heterocycles. The van der Waals surface area contributed by atoms with Crippen LogP contribution in [0, 0.1) is 0 Å². The zero-order valence-corrected chi connectivity index (χ0v) is 11.8. The van der Waals surface area contributed by atoms with Gasteiger partial charge >= 0.3 is 89.2 Å². The van der Waals surface area contributed by atoms with Crippen molar-refractivity contribution in [3.63, 3.8) is 0 Å². The summed E-state index contributed by atoms with van der Waals surface area (Å²) in [4.78, 5) is 0. The Morgan fingerprint density at radius 3 is 0.333 bits per heavy atom. The van der Waals surface area contributed by atoms with Crippen molar-refractivity contribution in [2.45, 2.75) is 0 Å². The van der Waals surface area contributed by atoms with Gasteiger partial charge in [0.2, 0.25) is 0 Å². The Kier molecular flexibility index (Phi) is 4.58. The van der Waals surface area contributed by atoms with Crippen LogP contribution < -0.4 is 0 Å². The van der Waals surface area contributed by atoms with E-state index in [1.807, 2.05) is 0 Å². The van der Waals surface area contributed by atoms with E-state index in [1.54, 1.807) is 0 Å². The third-order valence-corrected chi connectivity index (χ3v) is 0. The standard InChI is InChI=1S/12FH.Ni.2Sb/h12*1H;;;/q;;;;;;;;;;;;+2;2*+5/p-12. The average Bonchev–Trinajstić information content (AvgIpc) is 0.938. The Hall–Kier alpha value is 1.29. The summed E-state index contributed by atoms with van der Waals surface area (Å²) in [5.74, 6) is 0. The first kappa shape index (κ1) is 21.6. The summed E-state index contributed by atoms with van der Waals surface area (Å²) in [6.07, 6.45) is 0. The Bertz CT molecular complexity index is 161. The molecule has 0 aliphatic heterocycles. The zero-order valence-electron chi connectivity index (χ0n) is 5.75. The normalized spacial score (nSPS) is 21.6. The number of halogens is 12. The van der Waals surface area contributed by atoms with Crippen LogP contribution >= 0.6 is 0 Å². The van der Waals surface area contributed by atoms with Crippen LogP contribution in [0.3, 0.4) is 0 Å². The molecule has 0 nitrogen and oxygen atoms in total. The second kappa shape index (κ2) is 3.19. The Morgan fingerprint density at radius 2 is 0.333 bits per heavy atom. The summed E-state index contributed by atoms with van der Waals surface area (Å²) in [6, 6.07) is 0. The van der Waals surface area contributed by atoms with Crippen molar-refractivity contribution in [1.29, 1.82) is 0 Å². The van der Waals surface area contributed by atoms with Gasteiger partial charge in [-0.3, -0.25) is 0 Å². The van der Waals surface area contributed by atoms with E-state index in [0.29, 0.717) is 0 Å². The first-order valence-electron chi connectivity index (χ1n) is 2.03. The Balaban J connectivity index is -0.000000180. The molecule has 0 rings (SSSR count). The molecule has 0 atom stereocenters. The van der Waals surface area contributed by atoms with Gasteiger partial charge in [0.05, 0.1) is 0 Å². The van der Waals surface area contributed by atoms with Crippen LogP contribution in [0.15, 0.2) is 0 Å². The maximum Gasteiger partial charge on any atom is 2.00 e. The molecule has 0 aromatic rings. The van der Waals surface area contributed by atoms with Gasteiger partial charge in [0.25, 0.3) is 0 Å². The zero-order chi connectivity index (χ0) is 12.8. The van der Waals surface area contributed by atoms with Crippen molar-refractivity contribution >= 4 is 39.0 Å². The predicted molar refractivity (Wildman–Crippen MR) is 24.8 cm³/mol. The molecule has 0 saturated heterocycles. The molecule has 0 saturated carbocycles. The molecule has 15 heavy (non-hydrogen) atoms. The minimum atomic E-state index is -11.2. The summed E-state index contributed by atoms with van der Waals surface area (Å²) in [7, 11) is 0. The molecular formula is F12NiSb2. The molecule has 0 fully saturated rings. The van der Waals surface area contributed by atoms with Crippen LogP contribution in [0.25, 0.3) is 0 Å². The molecule has 0 aromatic carbocycles. The molecule has 15 heteroatoms. The van der Waals surface area contributed by atoms with Crippen molar-refractivity contribution in [3.05, 3.63) is 0 Å². The molecule has 104 valence electrons. The molecule has 0 bridgehead atoms. The monoisotopic (exact) mass is 528 g/mol. The van der Waals surface area contributed by atoms with Crippen LogP contribution in [-0.2, 0) is 16.5 Å². The van der Waals surface area contributed by atoms with Crippen molar-refractivity contribution in [2.75, 3.05) is 0 Å². The van der Waals surface area contributed by atoms with Gasteiger partial charge in [-0.2, -0.15) is 0 Å². The van der Waals surface area contributed by atoms with Crippen molar-refractivity contribution in [3.8, 4) is 0 Å². The smallest absolute Gasteiger partial charge is 2.00 e. The Labute approximate surface area is 88.7 Å². The first-order chi connectivity index (χ1) is 4.90. The summed E-state index contributed by atoms with van der Waals surface area (Å²) in [5.41, 5.74) is 0. The van der Waals surface area contributed by atoms with E-state index in [2.05, 4.69) is 0 Å². The van der Waals surface area contributed by atoms with E-state index in [1.165, 1.54) is 0 Å². The van der Waals surface area contributed by atoms with Gasteiger partial charge in [-0.25, -0.2) is 0 Å². The predicted octanol–water partition coefficient (Wildman–Crippen LogP) is 4.28. The summed E-state index contributed by atoms with van der Waals surface area (Å²) < 4.78 is 119. The van der Waals surface area contributed by atoms with Gasteiger partial charge in [-0.1, -0.05) is 0 Å². The fourth-order valence-electron chi connectivity index (χ4n) is 0. The second-order valence-electron chi connectivity index (χ2n) is 1.92. The molecule has 0 N–H and O–H groups in total. The molecule has 0 amide bonds. The molecule has 0 aliphatic carbocycles. The fourth-order valence-corrected chi connectivity index (χ4v) is 0. The van der Waals surface area contributed by atoms with E-state index in [4.69, 9.17) is 0 Å². The minimum absolute atomic E-state index is 0. The van der Waals surface area contributed by atoms with Crippen LogP contribution in [0.5, 0.6) is 0 Å². The maximum atomic E-state index is 9.93. The topological polar surface area (TPSA) is 0 Å². The number of hydrogen-bond donors (Lipinski definition) is 0. The first-order valence-corrected chi connectivity index (χ1v) is 13.6. The van der Waals surface area contributed by atoms with Crippen LogP contribution in [0.2, 0.25) is 0 Å².